The number of carbonyl (C=O) groups is 2. The fourth-order valence-corrected chi connectivity index (χ4v) is 3.69. The third-order valence-corrected chi connectivity index (χ3v) is 4.91. The number of nitrogens with one attached hydrogen (secondary N) is 1. The zero-order chi connectivity index (χ0) is 16.2. The first kappa shape index (κ1) is 14.3. The van der Waals surface area contributed by atoms with Gasteiger partial charge in [-0.15, -0.1) is 0 Å². The van der Waals surface area contributed by atoms with E-state index in [0.717, 1.165) is 21.3 Å². The SMILES string of the molecule is COC(=O)c1cnc2c(c1)CC1(C2)C(=O)Nc2ncc(Br)cc21. The normalized spacial score (nSPS) is 21.0. The Morgan fingerprint density at radius 2 is 2.13 bits per heavy atom. The number of ether oxygens (including phenoxy) is 1. The van der Waals surface area contributed by atoms with Gasteiger partial charge in [-0.05, 0) is 40.0 Å². The second kappa shape index (κ2) is 4.86. The van der Waals surface area contributed by atoms with Crippen LogP contribution in [-0.4, -0.2) is 29.0 Å². The summed E-state index contributed by atoms with van der Waals surface area (Å²) in [6.45, 7) is 0. The molecule has 23 heavy (non-hydrogen) atoms. The van der Waals surface area contributed by atoms with Crippen molar-refractivity contribution in [2.75, 3.05) is 12.4 Å². The monoisotopic (exact) mass is 373 g/mol. The van der Waals surface area contributed by atoms with E-state index in [4.69, 9.17) is 4.74 Å². The Morgan fingerprint density at radius 1 is 1.30 bits per heavy atom. The Morgan fingerprint density at radius 3 is 2.91 bits per heavy atom. The van der Waals surface area contributed by atoms with Crippen LogP contribution in [-0.2, 0) is 27.8 Å². The second-order valence-electron chi connectivity index (χ2n) is 5.76. The van der Waals surface area contributed by atoms with E-state index in [9.17, 15) is 9.59 Å². The van der Waals surface area contributed by atoms with Crippen LogP contribution in [0.2, 0.25) is 0 Å². The molecule has 7 heteroatoms. The van der Waals surface area contributed by atoms with E-state index in [-0.39, 0.29) is 5.91 Å². The Labute approximate surface area is 140 Å². The minimum absolute atomic E-state index is 0.0734. The van der Waals surface area contributed by atoms with Crippen molar-refractivity contribution in [3.8, 4) is 0 Å². The topological polar surface area (TPSA) is 81.2 Å². The van der Waals surface area contributed by atoms with E-state index in [1.165, 1.54) is 13.3 Å². The molecule has 1 N–H and O–H groups in total. The summed E-state index contributed by atoms with van der Waals surface area (Å²) in [5.74, 6) is 0.0943. The Kier molecular flexibility index (Phi) is 3.02. The van der Waals surface area contributed by atoms with Crippen molar-refractivity contribution in [1.29, 1.82) is 0 Å². The average molecular weight is 374 g/mol. The summed E-state index contributed by atoms with van der Waals surface area (Å²) < 4.78 is 5.56. The lowest BCUT2D eigenvalue weighted by Crippen LogP contribution is -2.35. The first-order chi connectivity index (χ1) is 11.0. The van der Waals surface area contributed by atoms with Crippen LogP contribution >= 0.6 is 15.9 Å². The number of carbonyl (C=O) groups excluding carboxylic acids is 2. The maximum atomic E-state index is 12.6. The third-order valence-electron chi connectivity index (χ3n) is 4.48. The van der Waals surface area contributed by atoms with Crippen LogP contribution in [0.15, 0.2) is 29.0 Å². The summed E-state index contributed by atoms with van der Waals surface area (Å²) >= 11 is 3.41. The van der Waals surface area contributed by atoms with Crippen LogP contribution in [0.3, 0.4) is 0 Å². The molecular weight excluding hydrogens is 362 g/mol. The minimum Gasteiger partial charge on any atom is -0.465 e. The number of hydrogen-bond acceptors (Lipinski definition) is 5. The molecule has 2 aliphatic rings. The van der Waals surface area contributed by atoms with Gasteiger partial charge in [-0.1, -0.05) is 0 Å². The number of anilines is 1. The Balaban J connectivity index is 1.80. The predicted octanol–water partition coefficient (Wildman–Crippen LogP) is 2.01. The molecule has 116 valence electrons. The number of fused-ring (bicyclic) bond motifs is 3. The summed E-state index contributed by atoms with van der Waals surface area (Å²) in [7, 11) is 1.33. The first-order valence-electron chi connectivity index (χ1n) is 7.07. The molecular formula is C16H12BrN3O3. The van der Waals surface area contributed by atoms with Gasteiger partial charge in [0.1, 0.15) is 5.82 Å². The number of aromatic nitrogens is 2. The van der Waals surface area contributed by atoms with Crippen LogP contribution in [0.25, 0.3) is 0 Å². The highest BCUT2D eigenvalue weighted by molar-refractivity contribution is 9.10. The molecule has 2 aromatic heterocycles. The third kappa shape index (κ3) is 1.99. The zero-order valence-electron chi connectivity index (χ0n) is 12.2. The lowest BCUT2D eigenvalue weighted by Gasteiger charge is -2.20. The molecule has 0 saturated carbocycles. The van der Waals surface area contributed by atoms with E-state index in [1.54, 1.807) is 12.3 Å². The number of hydrogen-bond donors (Lipinski definition) is 1. The molecule has 1 aliphatic carbocycles. The lowest BCUT2D eigenvalue weighted by atomic mass is 9.80. The maximum absolute atomic E-state index is 12.6. The van der Waals surface area contributed by atoms with Crippen molar-refractivity contribution < 1.29 is 14.3 Å². The molecule has 3 heterocycles. The smallest absolute Gasteiger partial charge is 0.339 e. The Hall–Kier alpha value is -2.28. The number of esters is 1. The van der Waals surface area contributed by atoms with Gasteiger partial charge in [0.15, 0.2) is 0 Å². The number of halogens is 1. The second-order valence-corrected chi connectivity index (χ2v) is 6.68. The van der Waals surface area contributed by atoms with Gasteiger partial charge in [0.25, 0.3) is 0 Å². The summed E-state index contributed by atoms with van der Waals surface area (Å²) in [6, 6.07) is 3.69. The number of methoxy groups -OCH3 is 1. The standard InChI is InChI=1S/C16H12BrN3O3/c1-23-14(21)9-2-8-4-16(5-12(8)18-6-9)11-3-10(17)7-19-13(11)20-15(16)22/h2-3,6-7H,4-5H2,1H3,(H,19,20,22). The van der Waals surface area contributed by atoms with E-state index < -0.39 is 11.4 Å². The molecule has 1 amide bonds. The van der Waals surface area contributed by atoms with Crippen LogP contribution in [0.5, 0.6) is 0 Å². The molecule has 0 saturated heterocycles. The number of rotatable bonds is 1. The fourth-order valence-electron chi connectivity index (χ4n) is 3.36. The molecule has 0 radical (unpaired) electrons. The summed E-state index contributed by atoms with van der Waals surface area (Å²) in [4.78, 5) is 32.9. The molecule has 6 nitrogen and oxygen atoms in total. The van der Waals surface area contributed by atoms with Crippen LogP contribution in [0, 0.1) is 0 Å². The van der Waals surface area contributed by atoms with Crippen molar-refractivity contribution in [1.82, 2.24) is 9.97 Å². The highest BCUT2D eigenvalue weighted by Crippen LogP contribution is 2.46. The van der Waals surface area contributed by atoms with Crippen LogP contribution in [0.1, 0.15) is 27.2 Å². The molecule has 1 unspecified atom stereocenters. The minimum atomic E-state index is -0.698. The molecule has 0 bridgehead atoms. The van der Waals surface area contributed by atoms with Gasteiger partial charge in [-0.2, -0.15) is 0 Å². The molecule has 2 aromatic rings. The van der Waals surface area contributed by atoms with E-state index in [0.29, 0.717) is 24.2 Å². The number of pyridine rings is 2. The summed E-state index contributed by atoms with van der Waals surface area (Å²) in [5.41, 5.74) is 2.30. The van der Waals surface area contributed by atoms with Crippen molar-refractivity contribution in [3.05, 3.63) is 51.4 Å². The summed E-state index contributed by atoms with van der Waals surface area (Å²) in [6.07, 6.45) is 4.16. The molecule has 1 atom stereocenters. The van der Waals surface area contributed by atoms with Gasteiger partial charge in [0.2, 0.25) is 5.91 Å². The number of nitrogens with zero attached hydrogens (tertiary/aromatic N) is 2. The van der Waals surface area contributed by atoms with E-state index in [2.05, 4.69) is 31.2 Å². The quantitative estimate of drug-likeness (QED) is 0.773. The van der Waals surface area contributed by atoms with E-state index in [1.807, 2.05) is 6.07 Å². The van der Waals surface area contributed by atoms with Crippen molar-refractivity contribution in [2.45, 2.75) is 18.3 Å². The largest absolute Gasteiger partial charge is 0.465 e. The molecule has 1 aliphatic heterocycles. The zero-order valence-corrected chi connectivity index (χ0v) is 13.8. The van der Waals surface area contributed by atoms with Crippen molar-refractivity contribution in [2.24, 2.45) is 0 Å². The summed E-state index contributed by atoms with van der Waals surface area (Å²) in [5, 5.41) is 2.85. The highest BCUT2D eigenvalue weighted by atomic mass is 79.9. The Bertz CT molecular complexity index is 868. The predicted molar refractivity (Wildman–Crippen MR) is 85.2 cm³/mol. The van der Waals surface area contributed by atoms with E-state index >= 15 is 0 Å². The van der Waals surface area contributed by atoms with Crippen LogP contribution in [0.4, 0.5) is 5.82 Å². The van der Waals surface area contributed by atoms with Gasteiger partial charge >= 0.3 is 5.97 Å². The molecule has 1 spiro atoms. The molecule has 4 rings (SSSR count). The fraction of sp³-hybridized carbons (Fsp3) is 0.250. The highest BCUT2D eigenvalue weighted by Gasteiger charge is 2.51. The van der Waals surface area contributed by atoms with Crippen LogP contribution < -0.4 is 5.32 Å². The van der Waals surface area contributed by atoms with Gasteiger partial charge in [-0.3, -0.25) is 9.78 Å². The average Bonchev–Trinajstić information content (AvgIpc) is 3.06. The van der Waals surface area contributed by atoms with Gasteiger partial charge in [0.05, 0.1) is 18.1 Å². The van der Waals surface area contributed by atoms with Crippen molar-refractivity contribution in [3.63, 3.8) is 0 Å². The molecule has 0 aromatic carbocycles. The van der Waals surface area contributed by atoms with Gasteiger partial charge in [-0.25, -0.2) is 9.78 Å². The maximum Gasteiger partial charge on any atom is 0.339 e. The molecule has 0 fully saturated rings. The van der Waals surface area contributed by atoms with Gasteiger partial charge in [0, 0.05) is 34.5 Å². The lowest BCUT2D eigenvalue weighted by molar-refractivity contribution is -0.120. The first-order valence-corrected chi connectivity index (χ1v) is 7.86. The van der Waals surface area contributed by atoms with Gasteiger partial charge < -0.3 is 10.1 Å². The van der Waals surface area contributed by atoms with Crippen molar-refractivity contribution >= 4 is 33.6 Å². The number of amides is 1.